The van der Waals surface area contributed by atoms with Crippen LogP contribution in [0, 0.1) is 0 Å². The molecule has 1 aromatic rings. The molecule has 5 heteroatoms. The summed E-state index contributed by atoms with van der Waals surface area (Å²) in [7, 11) is 2.17. The van der Waals surface area contributed by atoms with Gasteiger partial charge in [-0.1, -0.05) is 12.1 Å². The molecular weight excluding hydrogens is 276 g/mol. The summed E-state index contributed by atoms with van der Waals surface area (Å²) >= 11 is 0. The molecule has 0 radical (unpaired) electrons. The van der Waals surface area contributed by atoms with Gasteiger partial charge in [-0.3, -0.25) is 9.69 Å². The summed E-state index contributed by atoms with van der Waals surface area (Å²) in [5, 5.41) is 6.28. The number of amides is 1. The normalized spacial score (nSPS) is 23.6. The summed E-state index contributed by atoms with van der Waals surface area (Å²) in [6.07, 6.45) is 2.02. The van der Waals surface area contributed by atoms with Crippen LogP contribution in [0.4, 0.5) is 5.69 Å². The number of hydrogen-bond acceptors (Lipinski definition) is 4. The predicted octanol–water partition coefficient (Wildman–Crippen LogP) is 1.12. The van der Waals surface area contributed by atoms with E-state index >= 15 is 0 Å². The van der Waals surface area contributed by atoms with E-state index in [9.17, 15) is 4.79 Å². The van der Waals surface area contributed by atoms with Crippen molar-refractivity contribution in [2.24, 2.45) is 0 Å². The molecule has 1 unspecified atom stereocenters. The number of piperazine rings is 1. The maximum Gasteiger partial charge on any atom is 0.241 e. The zero-order valence-corrected chi connectivity index (χ0v) is 13.3. The van der Waals surface area contributed by atoms with Gasteiger partial charge in [0.1, 0.15) is 0 Å². The first-order valence-corrected chi connectivity index (χ1v) is 8.25. The molecule has 2 heterocycles. The third-order valence-corrected chi connectivity index (χ3v) is 4.57. The Bertz CT molecular complexity index is 505. The minimum atomic E-state index is -0.0266. The van der Waals surface area contributed by atoms with Crippen molar-refractivity contribution in [3.8, 4) is 0 Å². The van der Waals surface area contributed by atoms with Gasteiger partial charge in [-0.15, -0.1) is 0 Å². The predicted molar refractivity (Wildman–Crippen MR) is 88.9 cm³/mol. The van der Waals surface area contributed by atoms with Gasteiger partial charge in [0, 0.05) is 38.4 Å². The fourth-order valence-electron chi connectivity index (χ4n) is 3.15. The third-order valence-electron chi connectivity index (χ3n) is 4.57. The molecule has 0 spiro atoms. The van der Waals surface area contributed by atoms with E-state index in [-0.39, 0.29) is 11.9 Å². The van der Waals surface area contributed by atoms with Crippen LogP contribution in [0.3, 0.4) is 0 Å². The topological polar surface area (TPSA) is 47.6 Å². The second kappa shape index (κ2) is 7.22. The first kappa shape index (κ1) is 15.5. The summed E-state index contributed by atoms with van der Waals surface area (Å²) in [5.74, 6) is 0.0919. The zero-order chi connectivity index (χ0) is 15.4. The second-order valence-electron chi connectivity index (χ2n) is 6.42. The van der Waals surface area contributed by atoms with Gasteiger partial charge in [0.05, 0.1) is 6.04 Å². The Morgan fingerprint density at radius 3 is 2.86 bits per heavy atom. The van der Waals surface area contributed by atoms with E-state index in [2.05, 4.69) is 39.6 Å². The highest BCUT2D eigenvalue weighted by Crippen LogP contribution is 2.15. The van der Waals surface area contributed by atoms with Crippen molar-refractivity contribution < 1.29 is 4.79 Å². The molecular formula is C17H26N4O. The molecule has 22 heavy (non-hydrogen) atoms. The molecule has 0 saturated carbocycles. The Morgan fingerprint density at radius 1 is 1.32 bits per heavy atom. The number of anilines is 1. The Kier molecular flexibility index (Phi) is 5.08. The van der Waals surface area contributed by atoms with Crippen molar-refractivity contribution in [3.63, 3.8) is 0 Å². The second-order valence-corrected chi connectivity index (χ2v) is 6.42. The molecule has 1 amide bonds. The fourth-order valence-corrected chi connectivity index (χ4v) is 3.15. The molecule has 1 aromatic carbocycles. The number of rotatable bonds is 4. The summed E-state index contributed by atoms with van der Waals surface area (Å²) < 4.78 is 0. The summed E-state index contributed by atoms with van der Waals surface area (Å²) in [6, 6.07) is 8.22. The number of nitrogens with one attached hydrogen (secondary N) is 2. The molecule has 0 aliphatic carbocycles. The molecule has 3 rings (SSSR count). The Morgan fingerprint density at radius 2 is 2.14 bits per heavy atom. The van der Waals surface area contributed by atoms with Crippen LogP contribution in [0.15, 0.2) is 24.3 Å². The molecule has 1 atom stereocenters. The number of carbonyl (C=O) groups is 1. The highest BCUT2D eigenvalue weighted by Gasteiger charge is 2.22. The number of benzene rings is 1. The quantitative estimate of drug-likeness (QED) is 0.875. The Balaban J connectivity index is 1.56. The van der Waals surface area contributed by atoms with Crippen LogP contribution in [0.25, 0.3) is 0 Å². The van der Waals surface area contributed by atoms with Crippen LogP contribution >= 0.6 is 0 Å². The number of likely N-dealkylation sites (N-methyl/N-ethyl adjacent to an activating group) is 1. The molecule has 0 aromatic heterocycles. The van der Waals surface area contributed by atoms with E-state index in [0.29, 0.717) is 0 Å². The van der Waals surface area contributed by atoms with Crippen molar-refractivity contribution in [3.05, 3.63) is 29.8 Å². The van der Waals surface area contributed by atoms with Crippen molar-refractivity contribution in [2.45, 2.75) is 25.4 Å². The van der Waals surface area contributed by atoms with Crippen LogP contribution in [0.5, 0.6) is 0 Å². The van der Waals surface area contributed by atoms with Gasteiger partial charge in [-0.2, -0.15) is 0 Å². The number of hydrogen-bond donors (Lipinski definition) is 2. The molecule has 0 bridgehead atoms. The standard InChI is InChI=1S/C17H26N4O/c1-20-8-10-21(11-9-20)13-14-4-2-5-15(12-14)19-17(22)16-6-3-7-18-16/h2,4-5,12,16,18H,3,6-11,13H2,1H3,(H,19,22). The molecule has 5 nitrogen and oxygen atoms in total. The maximum absolute atomic E-state index is 12.2. The molecule has 2 fully saturated rings. The molecule has 2 saturated heterocycles. The lowest BCUT2D eigenvalue weighted by atomic mass is 10.1. The van der Waals surface area contributed by atoms with E-state index < -0.39 is 0 Å². The highest BCUT2D eigenvalue weighted by molar-refractivity contribution is 5.95. The van der Waals surface area contributed by atoms with Gasteiger partial charge in [0.15, 0.2) is 0 Å². The highest BCUT2D eigenvalue weighted by atomic mass is 16.2. The van der Waals surface area contributed by atoms with Gasteiger partial charge in [-0.25, -0.2) is 0 Å². The number of carbonyl (C=O) groups excluding carboxylic acids is 1. The monoisotopic (exact) mass is 302 g/mol. The lowest BCUT2D eigenvalue weighted by Gasteiger charge is -2.32. The first-order valence-electron chi connectivity index (χ1n) is 8.25. The minimum Gasteiger partial charge on any atom is -0.325 e. The Hall–Kier alpha value is -1.43. The number of nitrogens with zero attached hydrogens (tertiary/aromatic N) is 2. The third kappa shape index (κ3) is 4.06. The molecule has 2 aliphatic heterocycles. The van der Waals surface area contributed by atoms with Crippen molar-refractivity contribution in [1.82, 2.24) is 15.1 Å². The average molecular weight is 302 g/mol. The Labute approximate surface area is 132 Å². The van der Waals surface area contributed by atoms with Crippen LogP contribution in [0.2, 0.25) is 0 Å². The van der Waals surface area contributed by atoms with Crippen LogP contribution in [-0.4, -0.2) is 61.5 Å². The van der Waals surface area contributed by atoms with E-state index in [4.69, 9.17) is 0 Å². The lowest BCUT2D eigenvalue weighted by molar-refractivity contribution is -0.117. The summed E-state index contributed by atoms with van der Waals surface area (Å²) in [4.78, 5) is 17.0. The molecule has 2 aliphatic rings. The summed E-state index contributed by atoms with van der Waals surface area (Å²) in [6.45, 7) is 6.38. The lowest BCUT2D eigenvalue weighted by Crippen LogP contribution is -2.43. The van der Waals surface area contributed by atoms with E-state index in [0.717, 1.165) is 57.8 Å². The van der Waals surface area contributed by atoms with Crippen LogP contribution < -0.4 is 10.6 Å². The van der Waals surface area contributed by atoms with Crippen LogP contribution in [0.1, 0.15) is 18.4 Å². The van der Waals surface area contributed by atoms with Crippen molar-refractivity contribution in [1.29, 1.82) is 0 Å². The van der Waals surface area contributed by atoms with E-state index in [1.54, 1.807) is 0 Å². The maximum atomic E-state index is 12.2. The van der Waals surface area contributed by atoms with E-state index in [1.165, 1.54) is 5.56 Å². The average Bonchev–Trinajstić information content (AvgIpc) is 3.04. The minimum absolute atomic E-state index is 0.0266. The van der Waals surface area contributed by atoms with E-state index in [1.807, 2.05) is 12.1 Å². The van der Waals surface area contributed by atoms with Gasteiger partial charge < -0.3 is 15.5 Å². The first-order chi connectivity index (χ1) is 10.7. The van der Waals surface area contributed by atoms with Gasteiger partial charge in [0.2, 0.25) is 5.91 Å². The summed E-state index contributed by atoms with van der Waals surface area (Å²) in [5.41, 5.74) is 2.17. The van der Waals surface area contributed by atoms with Gasteiger partial charge in [-0.05, 0) is 44.1 Å². The molecule has 2 N–H and O–H groups in total. The fraction of sp³-hybridized carbons (Fsp3) is 0.588. The van der Waals surface area contributed by atoms with Gasteiger partial charge >= 0.3 is 0 Å². The zero-order valence-electron chi connectivity index (χ0n) is 13.3. The largest absolute Gasteiger partial charge is 0.325 e. The van der Waals surface area contributed by atoms with Crippen molar-refractivity contribution >= 4 is 11.6 Å². The smallest absolute Gasteiger partial charge is 0.241 e. The SMILES string of the molecule is CN1CCN(Cc2cccc(NC(=O)C3CCCN3)c2)CC1. The van der Waals surface area contributed by atoms with Gasteiger partial charge in [0.25, 0.3) is 0 Å². The van der Waals surface area contributed by atoms with Crippen LogP contribution in [-0.2, 0) is 11.3 Å². The molecule has 120 valence electrons. The van der Waals surface area contributed by atoms with Crippen molar-refractivity contribution in [2.75, 3.05) is 45.1 Å².